The van der Waals surface area contributed by atoms with Crippen LogP contribution in [0.4, 0.5) is 5.82 Å². The second-order valence-electron chi connectivity index (χ2n) is 4.25. The van der Waals surface area contributed by atoms with Gasteiger partial charge in [0.25, 0.3) is 0 Å². The molecular formula is C13H8N4O4. The number of carbonyl (C=O) groups is 1. The first-order valence-electron chi connectivity index (χ1n) is 5.88. The molecule has 8 heteroatoms. The molecule has 0 fully saturated rings. The van der Waals surface area contributed by atoms with Gasteiger partial charge in [-0.3, -0.25) is 4.57 Å². The Morgan fingerprint density at radius 1 is 1.33 bits per heavy atom. The van der Waals surface area contributed by atoms with Gasteiger partial charge in [-0.2, -0.15) is 0 Å². The molecule has 0 radical (unpaired) electrons. The maximum Gasteiger partial charge on any atom is 0.381 e. The maximum atomic E-state index is 11.1. The van der Waals surface area contributed by atoms with Crippen molar-refractivity contribution in [3.63, 3.8) is 0 Å². The number of nitrogens with zero attached hydrogens (tertiary/aromatic N) is 4. The number of carboxylic acid groups (broad SMARTS) is 1. The van der Waals surface area contributed by atoms with Crippen molar-refractivity contribution in [2.24, 2.45) is 0 Å². The molecule has 0 amide bonds. The van der Waals surface area contributed by atoms with Crippen LogP contribution in [0.5, 0.6) is 0 Å². The van der Waals surface area contributed by atoms with Crippen molar-refractivity contribution in [2.45, 2.75) is 0 Å². The van der Waals surface area contributed by atoms with E-state index in [9.17, 15) is 14.9 Å². The molecule has 1 aromatic carbocycles. The van der Waals surface area contributed by atoms with E-state index in [1.54, 1.807) is 24.3 Å². The minimum atomic E-state index is -1.17. The van der Waals surface area contributed by atoms with E-state index < -0.39 is 10.9 Å². The molecule has 0 aliphatic heterocycles. The Morgan fingerprint density at radius 3 is 2.76 bits per heavy atom. The van der Waals surface area contributed by atoms with E-state index >= 15 is 0 Å². The van der Waals surface area contributed by atoms with Crippen molar-refractivity contribution in [1.82, 2.24) is 14.5 Å². The van der Waals surface area contributed by atoms with Crippen molar-refractivity contribution < 1.29 is 14.8 Å². The van der Waals surface area contributed by atoms with Crippen LogP contribution in [0.1, 0.15) is 10.5 Å². The highest BCUT2D eigenvalue weighted by Crippen LogP contribution is 2.23. The number of fused-ring (bicyclic) bond motifs is 1. The fourth-order valence-corrected chi connectivity index (χ4v) is 2.02. The summed E-state index contributed by atoms with van der Waals surface area (Å²) >= 11 is 0. The fraction of sp³-hybridized carbons (Fsp3) is 0. The number of aromatic carboxylic acids is 1. The number of rotatable bonds is 3. The van der Waals surface area contributed by atoms with E-state index in [2.05, 4.69) is 9.97 Å². The van der Waals surface area contributed by atoms with Crippen molar-refractivity contribution in [3.05, 3.63) is 58.7 Å². The molecule has 0 saturated carbocycles. The van der Waals surface area contributed by atoms with Gasteiger partial charge < -0.3 is 15.2 Å². The predicted octanol–water partition coefficient (Wildman–Crippen LogP) is 2.03. The third-order valence-electron chi connectivity index (χ3n) is 2.95. The first kappa shape index (κ1) is 12.7. The Bertz CT molecular complexity index is 871. The Morgan fingerprint density at radius 2 is 2.10 bits per heavy atom. The lowest BCUT2D eigenvalue weighted by atomic mass is 10.1. The zero-order valence-electron chi connectivity index (χ0n) is 10.5. The van der Waals surface area contributed by atoms with Gasteiger partial charge in [0.05, 0.1) is 11.2 Å². The number of imidazole rings is 1. The summed E-state index contributed by atoms with van der Waals surface area (Å²) in [5.74, 6) is -1.48. The van der Waals surface area contributed by atoms with Crippen LogP contribution >= 0.6 is 0 Å². The number of para-hydroxylation sites is 1. The number of hydrogen-bond acceptors (Lipinski definition) is 5. The summed E-state index contributed by atoms with van der Waals surface area (Å²) < 4.78 is 1.41. The van der Waals surface area contributed by atoms with Gasteiger partial charge >= 0.3 is 11.8 Å². The lowest BCUT2D eigenvalue weighted by Gasteiger charge is -2.07. The van der Waals surface area contributed by atoms with Gasteiger partial charge in [-0.1, -0.05) is 18.2 Å². The SMILES string of the molecule is O=C(O)c1cc(-n2cnc([N+](=O)[O-])c2)c2ccccc2n1. The van der Waals surface area contributed by atoms with Gasteiger partial charge in [0.1, 0.15) is 6.20 Å². The van der Waals surface area contributed by atoms with Crippen LogP contribution in [-0.2, 0) is 0 Å². The summed E-state index contributed by atoms with van der Waals surface area (Å²) in [7, 11) is 0. The minimum Gasteiger partial charge on any atom is -0.477 e. The molecule has 0 aliphatic carbocycles. The van der Waals surface area contributed by atoms with E-state index in [0.29, 0.717) is 16.6 Å². The van der Waals surface area contributed by atoms with Crippen molar-refractivity contribution >= 4 is 22.7 Å². The Hall–Kier alpha value is -3.29. The summed E-state index contributed by atoms with van der Waals surface area (Å²) in [6, 6.07) is 8.31. The first-order chi connectivity index (χ1) is 10.1. The summed E-state index contributed by atoms with van der Waals surface area (Å²) in [6.45, 7) is 0. The highest BCUT2D eigenvalue weighted by Gasteiger charge is 2.16. The normalized spacial score (nSPS) is 10.7. The van der Waals surface area contributed by atoms with Crippen LogP contribution in [0.25, 0.3) is 16.6 Å². The van der Waals surface area contributed by atoms with E-state index in [0.717, 1.165) is 0 Å². The third-order valence-corrected chi connectivity index (χ3v) is 2.95. The molecule has 8 nitrogen and oxygen atoms in total. The highest BCUT2D eigenvalue weighted by molar-refractivity contribution is 5.94. The molecular weight excluding hydrogens is 276 g/mol. The summed E-state index contributed by atoms with van der Waals surface area (Å²) in [5.41, 5.74) is 0.822. The van der Waals surface area contributed by atoms with Gasteiger partial charge in [-0.05, 0) is 22.0 Å². The van der Waals surface area contributed by atoms with E-state index in [1.165, 1.54) is 23.2 Å². The van der Waals surface area contributed by atoms with Crippen LogP contribution in [0.2, 0.25) is 0 Å². The number of benzene rings is 1. The second-order valence-corrected chi connectivity index (χ2v) is 4.25. The second kappa shape index (κ2) is 4.67. The van der Waals surface area contributed by atoms with Crippen LogP contribution < -0.4 is 0 Å². The van der Waals surface area contributed by atoms with Crippen molar-refractivity contribution in [3.8, 4) is 5.69 Å². The number of carboxylic acids is 1. The standard InChI is InChI=1S/C13H8N4O4/c18-13(19)10-5-11(8-3-1-2-4-9(8)15-10)16-6-12(14-7-16)17(20)21/h1-7H,(H,18,19). The number of aromatic nitrogens is 3. The molecule has 0 bridgehead atoms. The van der Waals surface area contributed by atoms with Crippen LogP contribution in [-0.4, -0.2) is 30.5 Å². The van der Waals surface area contributed by atoms with Crippen LogP contribution in [0, 0.1) is 10.1 Å². The molecule has 2 heterocycles. The van der Waals surface area contributed by atoms with Gasteiger partial charge in [-0.25, -0.2) is 9.78 Å². The summed E-state index contributed by atoms with van der Waals surface area (Å²) in [5, 5.41) is 20.5. The molecule has 21 heavy (non-hydrogen) atoms. The monoisotopic (exact) mass is 284 g/mol. The molecule has 0 atom stereocenters. The smallest absolute Gasteiger partial charge is 0.381 e. The van der Waals surface area contributed by atoms with Crippen molar-refractivity contribution in [2.75, 3.05) is 0 Å². The van der Waals surface area contributed by atoms with Crippen LogP contribution in [0.3, 0.4) is 0 Å². The molecule has 3 rings (SSSR count). The van der Waals surface area contributed by atoms with Crippen molar-refractivity contribution in [1.29, 1.82) is 0 Å². The average Bonchev–Trinajstić information content (AvgIpc) is 2.96. The molecule has 2 aromatic heterocycles. The van der Waals surface area contributed by atoms with Gasteiger partial charge in [-0.15, -0.1) is 0 Å². The summed E-state index contributed by atoms with van der Waals surface area (Å²) in [6.07, 6.45) is 2.50. The molecule has 0 unspecified atom stereocenters. The van der Waals surface area contributed by atoms with E-state index in [4.69, 9.17) is 5.11 Å². The Labute approximate surface area is 117 Å². The lowest BCUT2D eigenvalue weighted by molar-refractivity contribution is -0.389. The topological polar surface area (TPSA) is 111 Å². The predicted molar refractivity (Wildman–Crippen MR) is 72.5 cm³/mol. The molecule has 3 aromatic rings. The fourth-order valence-electron chi connectivity index (χ4n) is 2.02. The Balaban J connectivity index is 2.28. The summed E-state index contributed by atoms with van der Waals surface area (Å²) in [4.78, 5) is 28.9. The van der Waals surface area contributed by atoms with E-state index in [-0.39, 0.29) is 11.5 Å². The number of hydrogen-bond donors (Lipinski definition) is 1. The Kier molecular flexibility index (Phi) is 2.83. The van der Waals surface area contributed by atoms with E-state index in [1.807, 2.05) is 0 Å². The molecule has 1 N–H and O–H groups in total. The first-order valence-corrected chi connectivity index (χ1v) is 5.88. The van der Waals surface area contributed by atoms with Crippen LogP contribution in [0.15, 0.2) is 42.9 Å². The van der Waals surface area contributed by atoms with Gasteiger partial charge in [0, 0.05) is 5.39 Å². The molecule has 0 spiro atoms. The number of nitro groups is 1. The zero-order valence-corrected chi connectivity index (χ0v) is 10.5. The molecule has 0 saturated heterocycles. The average molecular weight is 284 g/mol. The van der Waals surface area contributed by atoms with Gasteiger partial charge in [0.2, 0.25) is 6.33 Å². The molecule has 104 valence electrons. The lowest BCUT2D eigenvalue weighted by Crippen LogP contribution is -2.03. The third kappa shape index (κ3) is 2.18. The molecule has 0 aliphatic rings. The quantitative estimate of drug-likeness (QED) is 0.581. The number of pyridine rings is 1. The minimum absolute atomic E-state index is 0.139. The largest absolute Gasteiger partial charge is 0.477 e. The maximum absolute atomic E-state index is 11.1. The van der Waals surface area contributed by atoms with Gasteiger partial charge in [0.15, 0.2) is 5.69 Å². The highest BCUT2D eigenvalue weighted by atomic mass is 16.6. The zero-order chi connectivity index (χ0) is 15.0.